The van der Waals surface area contributed by atoms with Crippen molar-refractivity contribution in [1.82, 2.24) is 9.80 Å². The quantitative estimate of drug-likeness (QED) is 0.707. The van der Waals surface area contributed by atoms with E-state index in [1.54, 1.807) is 4.90 Å². The Bertz CT molecular complexity index is 462. The van der Waals surface area contributed by atoms with Crippen LogP contribution >= 0.6 is 0 Å². The van der Waals surface area contributed by atoms with E-state index in [-0.39, 0.29) is 36.6 Å². The van der Waals surface area contributed by atoms with Crippen molar-refractivity contribution in [3.8, 4) is 0 Å². The first kappa shape index (κ1) is 16.7. The summed E-state index contributed by atoms with van der Waals surface area (Å²) >= 11 is 0. The van der Waals surface area contributed by atoms with Gasteiger partial charge in [0.05, 0.1) is 24.7 Å². The molecule has 1 N–H and O–H groups in total. The Kier molecular flexibility index (Phi) is 5.62. The molecule has 0 aromatic rings. The van der Waals surface area contributed by atoms with Crippen LogP contribution < -0.4 is 0 Å². The van der Waals surface area contributed by atoms with E-state index in [0.717, 1.165) is 12.8 Å². The molecule has 21 heavy (non-hydrogen) atoms. The van der Waals surface area contributed by atoms with Gasteiger partial charge in [0.25, 0.3) is 0 Å². The highest BCUT2D eigenvalue weighted by atomic mass is 32.2. The second-order valence-corrected chi connectivity index (χ2v) is 8.24. The number of carbonyl (C=O) groups excluding carboxylic acids is 1. The van der Waals surface area contributed by atoms with E-state index in [0.29, 0.717) is 25.6 Å². The molecule has 0 spiro atoms. The van der Waals surface area contributed by atoms with Crippen LogP contribution in [0.2, 0.25) is 0 Å². The van der Waals surface area contributed by atoms with Crippen molar-refractivity contribution in [2.24, 2.45) is 0 Å². The molecule has 0 aromatic carbocycles. The predicted molar refractivity (Wildman–Crippen MR) is 80.7 cm³/mol. The van der Waals surface area contributed by atoms with Gasteiger partial charge in [0.2, 0.25) is 5.91 Å². The van der Waals surface area contributed by atoms with Gasteiger partial charge in [0.1, 0.15) is 0 Å². The van der Waals surface area contributed by atoms with Crippen molar-refractivity contribution >= 4 is 15.7 Å². The summed E-state index contributed by atoms with van der Waals surface area (Å²) in [4.78, 5) is 16.3. The van der Waals surface area contributed by atoms with Crippen LogP contribution in [0.15, 0.2) is 0 Å². The zero-order chi connectivity index (χ0) is 15.5. The molecule has 2 rings (SSSR count). The summed E-state index contributed by atoms with van der Waals surface area (Å²) in [5.74, 6) is 0.264. The Balaban J connectivity index is 1.95. The van der Waals surface area contributed by atoms with Crippen LogP contribution in [0.5, 0.6) is 0 Å². The van der Waals surface area contributed by atoms with Gasteiger partial charge < -0.3 is 10.0 Å². The molecular formula is C14H26N2O4S. The fourth-order valence-corrected chi connectivity index (χ4v) is 4.93. The van der Waals surface area contributed by atoms with E-state index in [1.165, 1.54) is 6.42 Å². The maximum atomic E-state index is 12.5. The van der Waals surface area contributed by atoms with E-state index in [9.17, 15) is 13.2 Å². The smallest absolute Gasteiger partial charge is 0.237 e. The van der Waals surface area contributed by atoms with E-state index in [2.05, 4.69) is 0 Å². The SMILES string of the molecule is CCN(C(=O)CN(CCO)C1CCC1)C1CCS(=O)(=O)C1. The first-order chi connectivity index (χ1) is 9.96. The van der Waals surface area contributed by atoms with Gasteiger partial charge in [-0.25, -0.2) is 8.42 Å². The Morgan fingerprint density at radius 2 is 1.95 bits per heavy atom. The molecule has 1 saturated carbocycles. The molecule has 2 fully saturated rings. The van der Waals surface area contributed by atoms with Crippen molar-refractivity contribution in [2.45, 2.75) is 44.7 Å². The lowest BCUT2D eigenvalue weighted by Gasteiger charge is -2.38. The molecule has 1 aliphatic heterocycles. The molecule has 1 amide bonds. The fourth-order valence-electron chi connectivity index (χ4n) is 3.19. The highest BCUT2D eigenvalue weighted by Crippen LogP contribution is 2.25. The molecule has 1 atom stereocenters. The molecule has 1 unspecified atom stereocenters. The molecule has 0 aromatic heterocycles. The zero-order valence-electron chi connectivity index (χ0n) is 12.7. The van der Waals surface area contributed by atoms with Crippen LogP contribution in [-0.4, -0.2) is 79.1 Å². The maximum Gasteiger partial charge on any atom is 0.237 e. The third kappa shape index (κ3) is 4.17. The minimum atomic E-state index is -2.98. The summed E-state index contributed by atoms with van der Waals surface area (Å²) in [5.41, 5.74) is 0. The van der Waals surface area contributed by atoms with Gasteiger partial charge >= 0.3 is 0 Å². The van der Waals surface area contributed by atoms with Crippen molar-refractivity contribution in [2.75, 3.05) is 37.7 Å². The third-order valence-corrected chi connectivity index (χ3v) is 6.38. The zero-order valence-corrected chi connectivity index (χ0v) is 13.5. The number of sulfone groups is 1. The standard InChI is InChI=1S/C14H26N2O4S/c1-2-16(13-6-9-21(19,20)11-13)14(18)10-15(7-8-17)12-4-3-5-12/h12-13,17H,2-11H2,1H3. The molecular weight excluding hydrogens is 292 g/mol. The van der Waals surface area contributed by atoms with E-state index >= 15 is 0 Å². The minimum absolute atomic E-state index is 0.0139. The Morgan fingerprint density at radius 1 is 1.24 bits per heavy atom. The maximum absolute atomic E-state index is 12.5. The average Bonchev–Trinajstić information content (AvgIpc) is 2.68. The molecule has 122 valence electrons. The van der Waals surface area contributed by atoms with Gasteiger partial charge in [0, 0.05) is 25.2 Å². The monoisotopic (exact) mass is 318 g/mol. The molecule has 7 heteroatoms. The lowest BCUT2D eigenvalue weighted by atomic mass is 9.91. The highest BCUT2D eigenvalue weighted by Gasteiger charge is 2.35. The summed E-state index contributed by atoms with van der Waals surface area (Å²) in [7, 11) is -2.98. The summed E-state index contributed by atoms with van der Waals surface area (Å²) < 4.78 is 23.2. The molecule has 1 saturated heterocycles. The normalized spacial score (nSPS) is 25.0. The number of amides is 1. The summed E-state index contributed by atoms with van der Waals surface area (Å²) in [6.07, 6.45) is 3.89. The number of hydrogen-bond acceptors (Lipinski definition) is 5. The molecule has 1 aliphatic carbocycles. The van der Waals surface area contributed by atoms with Gasteiger partial charge in [-0.05, 0) is 26.2 Å². The summed E-state index contributed by atoms with van der Waals surface area (Å²) in [6, 6.07) is 0.219. The Hall–Kier alpha value is -0.660. The molecule has 6 nitrogen and oxygen atoms in total. The first-order valence-corrected chi connectivity index (χ1v) is 9.63. The van der Waals surface area contributed by atoms with Gasteiger partial charge in [0.15, 0.2) is 9.84 Å². The summed E-state index contributed by atoms with van der Waals surface area (Å²) in [5, 5.41) is 9.15. The molecule has 2 aliphatic rings. The number of aliphatic hydroxyl groups excluding tert-OH is 1. The lowest BCUT2D eigenvalue weighted by molar-refractivity contribution is -0.135. The number of nitrogens with zero attached hydrogens (tertiary/aromatic N) is 2. The fraction of sp³-hybridized carbons (Fsp3) is 0.929. The summed E-state index contributed by atoms with van der Waals surface area (Å²) in [6.45, 7) is 3.28. The Labute approximate surface area is 127 Å². The van der Waals surface area contributed by atoms with Crippen LogP contribution in [0.25, 0.3) is 0 Å². The third-order valence-electron chi connectivity index (χ3n) is 4.63. The number of aliphatic hydroxyl groups is 1. The van der Waals surface area contributed by atoms with E-state index in [1.807, 2.05) is 11.8 Å². The van der Waals surface area contributed by atoms with Crippen LogP contribution in [0.3, 0.4) is 0 Å². The van der Waals surface area contributed by atoms with Crippen LogP contribution in [-0.2, 0) is 14.6 Å². The molecule has 1 heterocycles. The minimum Gasteiger partial charge on any atom is -0.395 e. The number of rotatable bonds is 7. The Morgan fingerprint density at radius 3 is 2.38 bits per heavy atom. The number of likely N-dealkylation sites (N-methyl/N-ethyl adjacent to an activating group) is 1. The lowest BCUT2D eigenvalue weighted by Crippen LogP contribution is -2.50. The average molecular weight is 318 g/mol. The second kappa shape index (κ2) is 7.07. The van der Waals surface area contributed by atoms with Crippen LogP contribution in [0, 0.1) is 0 Å². The molecule has 0 bridgehead atoms. The van der Waals surface area contributed by atoms with Crippen LogP contribution in [0.1, 0.15) is 32.6 Å². The first-order valence-electron chi connectivity index (χ1n) is 7.81. The van der Waals surface area contributed by atoms with Crippen molar-refractivity contribution in [3.05, 3.63) is 0 Å². The van der Waals surface area contributed by atoms with E-state index in [4.69, 9.17) is 5.11 Å². The number of hydrogen-bond donors (Lipinski definition) is 1. The van der Waals surface area contributed by atoms with Crippen LogP contribution in [0.4, 0.5) is 0 Å². The largest absolute Gasteiger partial charge is 0.395 e. The number of carbonyl (C=O) groups is 1. The predicted octanol–water partition coefficient (Wildman–Crippen LogP) is -0.131. The second-order valence-electron chi connectivity index (χ2n) is 6.02. The molecule has 0 radical (unpaired) electrons. The highest BCUT2D eigenvalue weighted by molar-refractivity contribution is 7.91. The van der Waals surface area contributed by atoms with E-state index < -0.39 is 9.84 Å². The van der Waals surface area contributed by atoms with Gasteiger partial charge in [-0.2, -0.15) is 0 Å². The van der Waals surface area contributed by atoms with Crippen molar-refractivity contribution in [3.63, 3.8) is 0 Å². The topological polar surface area (TPSA) is 77.9 Å². The van der Waals surface area contributed by atoms with Crippen molar-refractivity contribution in [1.29, 1.82) is 0 Å². The van der Waals surface area contributed by atoms with Gasteiger partial charge in [-0.1, -0.05) is 6.42 Å². The van der Waals surface area contributed by atoms with Crippen molar-refractivity contribution < 1.29 is 18.3 Å². The van der Waals surface area contributed by atoms with Gasteiger partial charge in [-0.3, -0.25) is 9.69 Å². The van der Waals surface area contributed by atoms with Gasteiger partial charge in [-0.15, -0.1) is 0 Å².